The Morgan fingerprint density at radius 2 is 2.15 bits per heavy atom. The molecular formula is C10H18N2O. The average Bonchev–Trinajstić information content (AvgIpc) is 2.19. The molecule has 1 saturated carbocycles. The van der Waals surface area contributed by atoms with Crippen LogP contribution in [0.25, 0.3) is 0 Å². The van der Waals surface area contributed by atoms with Crippen molar-refractivity contribution in [2.45, 2.75) is 31.7 Å². The number of amidine groups is 1. The van der Waals surface area contributed by atoms with Gasteiger partial charge in [0.1, 0.15) is 0 Å². The molecule has 0 unspecified atom stereocenters. The van der Waals surface area contributed by atoms with Gasteiger partial charge in [0.25, 0.3) is 6.02 Å². The van der Waals surface area contributed by atoms with Crippen molar-refractivity contribution in [3.63, 3.8) is 0 Å². The van der Waals surface area contributed by atoms with Gasteiger partial charge in [-0.1, -0.05) is 12.8 Å². The molecular weight excluding hydrogens is 164 g/mol. The summed E-state index contributed by atoms with van der Waals surface area (Å²) in [6.45, 7) is 0.877. The van der Waals surface area contributed by atoms with E-state index in [1.54, 1.807) is 7.05 Å². The zero-order chi connectivity index (χ0) is 9.26. The minimum Gasteiger partial charge on any atom is -0.465 e. The lowest BCUT2D eigenvalue weighted by atomic mass is 9.83. The lowest BCUT2D eigenvalue weighted by Crippen LogP contribution is -2.50. The molecule has 0 radical (unpaired) electrons. The van der Waals surface area contributed by atoms with Gasteiger partial charge in [-0.2, -0.15) is 0 Å². The molecule has 3 nitrogen and oxygen atoms in total. The maximum Gasteiger partial charge on any atom is 0.287 e. The second kappa shape index (κ2) is 3.56. The van der Waals surface area contributed by atoms with E-state index in [0.29, 0.717) is 6.04 Å². The lowest BCUT2D eigenvalue weighted by molar-refractivity contribution is 0.0530. The summed E-state index contributed by atoms with van der Waals surface area (Å²) >= 11 is 0. The molecule has 0 spiro atoms. The normalized spacial score (nSPS) is 37.1. The third kappa shape index (κ3) is 1.52. The van der Waals surface area contributed by atoms with E-state index in [-0.39, 0.29) is 0 Å². The Morgan fingerprint density at radius 1 is 1.38 bits per heavy atom. The molecule has 0 aromatic rings. The Bertz CT molecular complexity index is 215. The van der Waals surface area contributed by atoms with Crippen LogP contribution in [0.5, 0.6) is 0 Å². The van der Waals surface area contributed by atoms with Gasteiger partial charge in [0.15, 0.2) is 0 Å². The van der Waals surface area contributed by atoms with E-state index in [2.05, 4.69) is 16.9 Å². The average molecular weight is 182 g/mol. The number of fused-ring (bicyclic) bond motifs is 1. The fourth-order valence-corrected chi connectivity index (χ4v) is 2.54. The van der Waals surface area contributed by atoms with Gasteiger partial charge >= 0.3 is 0 Å². The summed E-state index contributed by atoms with van der Waals surface area (Å²) in [6.07, 6.45) is 5.37. The van der Waals surface area contributed by atoms with Gasteiger partial charge < -0.3 is 9.64 Å². The summed E-state index contributed by atoms with van der Waals surface area (Å²) in [5, 5.41) is 0. The number of hydrogen-bond acceptors (Lipinski definition) is 2. The van der Waals surface area contributed by atoms with E-state index in [0.717, 1.165) is 18.5 Å². The van der Waals surface area contributed by atoms with Crippen LogP contribution in [0, 0.1) is 5.92 Å². The van der Waals surface area contributed by atoms with Gasteiger partial charge in [0, 0.05) is 26.1 Å². The Kier molecular flexibility index (Phi) is 2.42. The largest absolute Gasteiger partial charge is 0.465 e. The van der Waals surface area contributed by atoms with Crippen molar-refractivity contribution < 1.29 is 4.74 Å². The summed E-state index contributed by atoms with van der Waals surface area (Å²) in [5.41, 5.74) is 0. The van der Waals surface area contributed by atoms with Crippen molar-refractivity contribution in [1.29, 1.82) is 0 Å². The first-order valence-corrected chi connectivity index (χ1v) is 5.15. The molecule has 0 aromatic heterocycles. The SMILES string of the molecule is CN=C1OC[C@H]2CCCC[C@@H]2N1C. The molecule has 0 amide bonds. The highest BCUT2D eigenvalue weighted by Gasteiger charge is 2.34. The van der Waals surface area contributed by atoms with Crippen molar-refractivity contribution in [3.05, 3.63) is 0 Å². The summed E-state index contributed by atoms with van der Waals surface area (Å²) in [6, 6.07) is 1.50. The summed E-state index contributed by atoms with van der Waals surface area (Å²) in [7, 11) is 3.90. The van der Waals surface area contributed by atoms with Gasteiger partial charge in [-0.25, -0.2) is 4.99 Å². The van der Waals surface area contributed by atoms with Gasteiger partial charge in [-0.05, 0) is 12.8 Å². The molecule has 2 atom stereocenters. The third-order valence-corrected chi connectivity index (χ3v) is 3.29. The zero-order valence-corrected chi connectivity index (χ0v) is 8.49. The van der Waals surface area contributed by atoms with Crippen molar-refractivity contribution in [1.82, 2.24) is 4.90 Å². The van der Waals surface area contributed by atoms with E-state index in [1.807, 2.05) is 0 Å². The molecule has 1 heterocycles. The van der Waals surface area contributed by atoms with Crippen molar-refractivity contribution >= 4 is 6.02 Å². The van der Waals surface area contributed by atoms with E-state index in [9.17, 15) is 0 Å². The molecule has 2 aliphatic rings. The van der Waals surface area contributed by atoms with Crippen LogP contribution in [0.3, 0.4) is 0 Å². The highest BCUT2D eigenvalue weighted by Crippen LogP contribution is 2.31. The quantitative estimate of drug-likeness (QED) is 0.567. The van der Waals surface area contributed by atoms with E-state index >= 15 is 0 Å². The first-order chi connectivity index (χ1) is 6.33. The molecule has 1 aliphatic carbocycles. The molecule has 0 bridgehead atoms. The smallest absolute Gasteiger partial charge is 0.287 e. The molecule has 1 saturated heterocycles. The van der Waals surface area contributed by atoms with Crippen LogP contribution in [0.1, 0.15) is 25.7 Å². The molecule has 3 heteroatoms. The number of hydrogen-bond donors (Lipinski definition) is 0. The van der Waals surface area contributed by atoms with Gasteiger partial charge in [0.05, 0.1) is 6.61 Å². The fraction of sp³-hybridized carbons (Fsp3) is 0.900. The number of nitrogens with zero attached hydrogens (tertiary/aromatic N) is 2. The van der Waals surface area contributed by atoms with Crippen LogP contribution >= 0.6 is 0 Å². The molecule has 0 N–H and O–H groups in total. The van der Waals surface area contributed by atoms with Gasteiger partial charge in [-0.3, -0.25) is 0 Å². The summed E-state index contributed by atoms with van der Waals surface area (Å²) < 4.78 is 5.58. The highest BCUT2D eigenvalue weighted by atomic mass is 16.5. The second-order valence-corrected chi connectivity index (χ2v) is 4.04. The molecule has 1 aliphatic heterocycles. The Labute approximate surface area is 79.8 Å². The predicted molar refractivity (Wildman–Crippen MR) is 52.8 cm³/mol. The van der Waals surface area contributed by atoms with Crippen LogP contribution in [-0.2, 0) is 4.74 Å². The monoisotopic (exact) mass is 182 g/mol. The Hall–Kier alpha value is -0.730. The van der Waals surface area contributed by atoms with Crippen LogP contribution in [0.2, 0.25) is 0 Å². The topological polar surface area (TPSA) is 24.8 Å². The molecule has 0 aromatic carbocycles. The second-order valence-electron chi connectivity index (χ2n) is 4.04. The van der Waals surface area contributed by atoms with E-state index < -0.39 is 0 Å². The Morgan fingerprint density at radius 3 is 2.92 bits per heavy atom. The van der Waals surface area contributed by atoms with Gasteiger partial charge in [-0.15, -0.1) is 0 Å². The fourth-order valence-electron chi connectivity index (χ4n) is 2.54. The molecule has 13 heavy (non-hydrogen) atoms. The maximum atomic E-state index is 5.58. The maximum absolute atomic E-state index is 5.58. The predicted octanol–water partition coefficient (Wildman–Crippen LogP) is 1.49. The summed E-state index contributed by atoms with van der Waals surface area (Å²) in [4.78, 5) is 6.36. The van der Waals surface area contributed by atoms with Crippen molar-refractivity contribution in [2.75, 3.05) is 20.7 Å². The van der Waals surface area contributed by atoms with Crippen molar-refractivity contribution in [3.8, 4) is 0 Å². The van der Waals surface area contributed by atoms with Crippen LogP contribution in [0.4, 0.5) is 0 Å². The van der Waals surface area contributed by atoms with Crippen LogP contribution in [-0.4, -0.2) is 37.7 Å². The third-order valence-electron chi connectivity index (χ3n) is 3.29. The van der Waals surface area contributed by atoms with E-state index in [4.69, 9.17) is 4.74 Å². The first kappa shape index (κ1) is 8.85. The molecule has 74 valence electrons. The van der Waals surface area contributed by atoms with Crippen molar-refractivity contribution in [2.24, 2.45) is 10.9 Å². The standard InChI is InChI=1S/C10H18N2O/c1-11-10-12(2)9-6-4-3-5-8(9)7-13-10/h8-9H,3-7H2,1-2H3/t8-,9+/m1/s1. The number of aliphatic imine (C=N–C) groups is 1. The van der Waals surface area contributed by atoms with Crippen LogP contribution < -0.4 is 0 Å². The number of ether oxygens (including phenoxy) is 1. The summed E-state index contributed by atoms with van der Waals surface area (Å²) in [5.74, 6) is 0.740. The Balaban J connectivity index is 2.09. The zero-order valence-electron chi connectivity index (χ0n) is 8.49. The van der Waals surface area contributed by atoms with Gasteiger partial charge in [0.2, 0.25) is 0 Å². The lowest BCUT2D eigenvalue weighted by Gasteiger charge is -2.43. The number of rotatable bonds is 0. The minimum absolute atomic E-state index is 0.682. The van der Waals surface area contributed by atoms with Crippen LogP contribution in [0.15, 0.2) is 4.99 Å². The minimum atomic E-state index is 0.682. The first-order valence-electron chi connectivity index (χ1n) is 5.15. The molecule has 2 fully saturated rings. The molecule has 2 rings (SSSR count). The van der Waals surface area contributed by atoms with E-state index in [1.165, 1.54) is 25.7 Å². The highest BCUT2D eigenvalue weighted by molar-refractivity contribution is 5.74.